The molecule has 14 heteroatoms. The second-order valence-electron chi connectivity index (χ2n) is 9.59. The number of ether oxygens (including phenoxy) is 3. The zero-order chi connectivity index (χ0) is 29.1. The second kappa shape index (κ2) is 12.5. The molecule has 1 atom stereocenters. The minimum Gasteiger partial charge on any atom is -0.494 e. The maximum absolute atomic E-state index is 13.8. The maximum atomic E-state index is 13.8. The van der Waals surface area contributed by atoms with Crippen LogP contribution in [0.3, 0.4) is 0 Å². The Morgan fingerprint density at radius 1 is 1.15 bits per heavy atom. The van der Waals surface area contributed by atoms with E-state index in [0.29, 0.717) is 44.8 Å². The van der Waals surface area contributed by atoms with Crippen LogP contribution in [-0.4, -0.2) is 93.8 Å². The number of methoxy groups -OCH3 is 1. The fraction of sp³-hybridized carbons (Fsp3) is 0.444. The van der Waals surface area contributed by atoms with Crippen LogP contribution < -0.4 is 9.64 Å². The number of fused-ring (bicyclic) bond motifs is 1. The predicted molar refractivity (Wildman–Crippen MR) is 156 cm³/mol. The molecule has 0 bridgehead atoms. The Balaban J connectivity index is 1.37. The van der Waals surface area contributed by atoms with E-state index in [1.54, 1.807) is 31.1 Å². The highest BCUT2D eigenvalue weighted by molar-refractivity contribution is 7.89. The van der Waals surface area contributed by atoms with Crippen molar-refractivity contribution in [3.05, 3.63) is 47.0 Å². The lowest BCUT2D eigenvalue weighted by Crippen LogP contribution is -2.50. The highest BCUT2D eigenvalue weighted by Crippen LogP contribution is 2.39. The molecule has 2 amide bonds. The molecule has 11 nitrogen and oxygen atoms in total. The fourth-order valence-corrected chi connectivity index (χ4v) is 7.55. The second-order valence-corrected chi connectivity index (χ2v) is 12.9. The normalized spacial score (nSPS) is 18.0. The smallest absolute Gasteiger partial charge is 0.409 e. The van der Waals surface area contributed by atoms with Crippen molar-refractivity contribution >= 4 is 60.3 Å². The van der Waals surface area contributed by atoms with E-state index in [1.165, 1.54) is 44.8 Å². The van der Waals surface area contributed by atoms with Gasteiger partial charge in [-0.3, -0.25) is 9.69 Å². The van der Waals surface area contributed by atoms with Crippen LogP contribution >= 0.6 is 22.9 Å². The SMILES string of the molecule is CCOC(=O)N1CCN(S(=O)(=O)c2ccc(C(=O)N(CC3CCCO3)c3nc4c(OC)ccc(Cl)c4s3)cc2)CC1. The Morgan fingerprint density at radius 2 is 1.88 bits per heavy atom. The van der Waals surface area contributed by atoms with Gasteiger partial charge in [0.2, 0.25) is 10.0 Å². The zero-order valence-corrected chi connectivity index (χ0v) is 25.1. The molecule has 220 valence electrons. The molecule has 3 heterocycles. The molecule has 1 aromatic heterocycles. The van der Waals surface area contributed by atoms with Crippen molar-refractivity contribution in [1.29, 1.82) is 0 Å². The Hall–Kier alpha value is -2.97. The largest absolute Gasteiger partial charge is 0.494 e. The lowest BCUT2D eigenvalue weighted by atomic mass is 10.2. The van der Waals surface area contributed by atoms with Crippen LogP contribution in [0.1, 0.15) is 30.1 Å². The van der Waals surface area contributed by atoms with E-state index in [2.05, 4.69) is 0 Å². The lowest BCUT2D eigenvalue weighted by Gasteiger charge is -2.33. The van der Waals surface area contributed by atoms with Crippen LogP contribution in [0, 0.1) is 0 Å². The number of carbonyl (C=O) groups excluding carboxylic acids is 2. The van der Waals surface area contributed by atoms with E-state index in [4.69, 9.17) is 30.8 Å². The van der Waals surface area contributed by atoms with Crippen molar-refractivity contribution in [3.63, 3.8) is 0 Å². The van der Waals surface area contributed by atoms with Gasteiger partial charge < -0.3 is 19.1 Å². The first-order valence-corrected chi connectivity index (χ1v) is 15.9. The summed E-state index contributed by atoms with van der Waals surface area (Å²) in [7, 11) is -2.27. The minimum atomic E-state index is -3.82. The van der Waals surface area contributed by atoms with Crippen LogP contribution in [0.25, 0.3) is 10.2 Å². The van der Waals surface area contributed by atoms with Crippen LogP contribution in [-0.2, 0) is 19.5 Å². The predicted octanol–water partition coefficient (Wildman–Crippen LogP) is 4.25. The molecule has 0 aliphatic carbocycles. The summed E-state index contributed by atoms with van der Waals surface area (Å²) < 4.78 is 44.9. The van der Waals surface area contributed by atoms with E-state index < -0.39 is 16.1 Å². The van der Waals surface area contributed by atoms with E-state index >= 15 is 0 Å². The number of anilines is 1. The number of aromatic nitrogens is 1. The lowest BCUT2D eigenvalue weighted by molar-refractivity contribution is 0.0916. The first-order valence-electron chi connectivity index (χ1n) is 13.3. The molecule has 2 aliphatic heterocycles. The summed E-state index contributed by atoms with van der Waals surface area (Å²) in [6.45, 7) is 3.69. The summed E-state index contributed by atoms with van der Waals surface area (Å²) in [6, 6.07) is 9.34. The Labute approximate surface area is 247 Å². The number of thiazole rings is 1. The first-order chi connectivity index (χ1) is 19.7. The number of rotatable bonds is 8. The van der Waals surface area contributed by atoms with Crippen molar-refractivity contribution < 1.29 is 32.2 Å². The van der Waals surface area contributed by atoms with Crippen molar-refractivity contribution in [3.8, 4) is 5.75 Å². The molecule has 2 saturated heterocycles. The van der Waals surface area contributed by atoms with Crippen molar-refractivity contribution in [1.82, 2.24) is 14.2 Å². The molecule has 0 N–H and O–H groups in total. The van der Waals surface area contributed by atoms with E-state index in [1.807, 2.05) is 0 Å². The molecule has 5 rings (SSSR count). The average molecular weight is 623 g/mol. The summed E-state index contributed by atoms with van der Waals surface area (Å²) in [5, 5.41) is 0.954. The first kappa shape index (κ1) is 29.5. The summed E-state index contributed by atoms with van der Waals surface area (Å²) >= 11 is 7.72. The monoisotopic (exact) mass is 622 g/mol. The molecule has 41 heavy (non-hydrogen) atoms. The number of piperazine rings is 1. The van der Waals surface area contributed by atoms with E-state index in [9.17, 15) is 18.0 Å². The number of carbonyl (C=O) groups is 2. The van der Waals surface area contributed by atoms with Gasteiger partial charge in [-0.2, -0.15) is 4.31 Å². The summed E-state index contributed by atoms with van der Waals surface area (Å²) in [5.74, 6) is 0.218. The van der Waals surface area contributed by atoms with Gasteiger partial charge in [-0.05, 0) is 56.2 Å². The maximum Gasteiger partial charge on any atom is 0.409 e. The van der Waals surface area contributed by atoms with Gasteiger partial charge in [0.1, 0.15) is 11.3 Å². The van der Waals surface area contributed by atoms with Gasteiger partial charge in [0.15, 0.2) is 5.13 Å². The Bertz CT molecular complexity index is 1520. The van der Waals surface area contributed by atoms with Crippen molar-refractivity contribution in [2.45, 2.75) is 30.8 Å². The van der Waals surface area contributed by atoms with Crippen LogP contribution in [0.4, 0.5) is 9.93 Å². The molecular formula is C27H31ClN4O7S2. The number of hydrogen-bond acceptors (Lipinski definition) is 9. The molecule has 0 spiro atoms. The van der Waals surface area contributed by atoms with Crippen LogP contribution in [0.15, 0.2) is 41.3 Å². The summed E-state index contributed by atoms with van der Waals surface area (Å²) in [4.78, 5) is 33.6. The topological polar surface area (TPSA) is 119 Å². The third kappa shape index (κ3) is 6.14. The average Bonchev–Trinajstić information content (AvgIpc) is 3.67. The third-order valence-electron chi connectivity index (χ3n) is 7.06. The number of nitrogens with zero attached hydrogens (tertiary/aromatic N) is 4. The zero-order valence-electron chi connectivity index (χ0n) is 22.7. The van der Waals surface area contributed by atoms with Crippen molar-refractivity contribution in [2.75, 3.05) is 57.9 Å². The van der Waals surface area contributed by atoms with Crippen LogP contribution in [0.2, 0.25) is 5.02 Å². The molecule has 2 fully saturated rings. The van der Waals surface area contributed by atoms with Gasteiger partial charge in [-0.25, -0.2) is 18.2 Å². The highest BCUT2D eigenvalue weighted by Gasteiger charge is 2.32. The fourth-order valence-electron chi connectivity index (χ4n) is 4.86. The summed E-state index contributed by atoms with van der Waals surface area (Å²) in [5.41, 5.74) is 0.876. The Kier molecular flexibility index (Phi) is 9.00. The molecule has 1 unspecified atom stereocenters. The van der Waals surface area contributed by atoms with Gasteiger partial charge in [-0.1, -0.05) is 22.9 Å². The number of sulfonamides is 1. The van der Waals surface area contributed by atoms with E-state index in [-0.39, 0.29) is 49.7 Å². The Morgan fingerprint density at radius 3 is 2.51 bits per heavy atom. The minimum absolute atomic E-state index is 0.0702. The number of benzene rings is 2. The number of halogens is 1. The third-order valence-corrected chi connectivity index (χ3v) is 10.5. The van der Waals surface area contributed by atoms with Gasteiger partial charge >= 0.3 is 6.09 Å². The van der Waals surface area contributed by atoms with Gasteiger partial charge in [0.05, 0.1) is 41.0 Å². The standard InChI is InChI=1S/C27H31ClN4O7S2/c1-3-38-27(34)30-12-14-31(15-13-30)41(35,36)20-8-6-18(7-9-20)25(33)32(17-19-5-4-16-39-19)26-29-23-22(37-2)11-10-21(28)24(23)40-26/h6-11,19H,3-5,12-17H2,1-2H3. The quantitative estimate of drug-likeness (QED) is 0.366. The molecule has 2 aliphatic rings. The molecule has 3 aromatic rings. The van der Waals surface area contributed by atoms with Crippen molar-refractivity contribution in [2.24, 2.45) is 0 Å². The highest BCUT2D eigenvalue weighted by atomic mass is 35.5. The van der Waals surface area contributed by atoms with Gasteiger partial charge in [-0.15, -0.1) is 0 Å². The van der Waals surface area contributed by atoms with Gasteiger partial charge in [0, 0.05) is 38.3 Å². The summed E-state index contributed by atoms with van der Waals surface area (Å²) in [6.07, 6.45) is 1.14. The molecule has 0 radical (unpaired) electrons. The van der Waals surface area contributed by atoms with E-state index in [0.717, 1.165) is 12.8 Å². The number of amides is 2. The number of hydrogen-bond donors (Lipinski definition) is 0. The molecule has 2 aromatic carbocycles. The van der Waals surface area contributed by atoms with Gasteiger partial charge in [0.25, 0.3) is 5.91 Å². The molecule has 0 saturated carbocycles. The molecular weight excluding hydrogens is 592 g/mol. The van der Waals surface area contributed by atoms with Crippen LogP contribution in [0.5, 0.6) is 5.75 Å².